The molecule has 8 nitrogen and oxygen atoms in total. The van der Waals surface area contributed by atoms with E-state index in [0.29, 0.717) is 23.3 Å². The van der Waals surface area contributed by atoms with Crippen molar-refractivity contribution >= 4 is 22.9 Å². The molecule has 0 atom stereocenters. The number of phenols is 1. The van der Waals surface area contributed by atoms with Crippen molar-refractivity contribution in [1.29, 1.82) is 0 Å². The summed E-state index contributed by atoms with van der Waals surface area (Å²) in [5, 5.41) is 9.95. The predicted octanol–water partition coefficient (Wildman–Crippen LogP) is 2.30. The molecule has 0 fully saturated rings. The quantitative estimate of drug-likeness (QED) is 0.480. The summed E-state index contributed by atoms with van der Waals surface area (Å²) < 4.78 is 1.62. The minimum absolute atomic E-state index is 0.0770. The molecule has 0 unspecified atom stereocenters. The highest BCUT2D eigenvalue weighted by atomic mass is 16.3. The molecule has 3 aromatic heterocycles. The third-order valence-electron chi connectivity index (χ3n) is 4.82. The van der Waals surface area contributed by atoms with Gasteiger partial charge in [-0.15, -0.1) is 0 Å². The molecule has 0 radical (unpaired) electrons. The second-order valence-electron chi connectivity index (χ2n) is 6.83. The van der Waals surface area contributed by atoms with Gasteiger partial charge in [-0.05, 0) is 43.0 Å². The Morgan fingerprint density at radius 3 is 2.76 bits per heavy atom. The average Bonchev–Trinajstić information content (AvgIpc) is 3.00. The first-order valence-corrected chi connectivity index (χ1v) is 9.10. The Labute approximate surface area is 166 Å². The maximum absolute atomic E-state index is 12.0. The van der Waals surface area contributed by atoms with Crippen LogP contribution in [0, 0.1) is 6.92 Å². The fourth-order valence-electron chi connectivity index (χ4n) is 3.36. The number of aromatic hydroxyl groups is 1. The first-order chi connectivity index (χ1) is 14.0. The van der Waals surface area contributed by atoms with Crippen LogP contribution in [0.4, 0.5) is 5.82 Å². The predicted molar refractivity (Wildman–Crippen MR) is 110 cm³/mol. The van der Waals surface area contributed by atoms with Gasteiger partial charge in [-0.2, -0.15) is 0 Å². The Balaban J connectivity index is 1.86. The molecule has 1 amide bonds. The van der Waals surface area contributed by atoms with E-state index in [2.05, 4.69) is 9.97 Å². The van der Waals surface area contributed by atoms with E-state index in [0.717, 1.165) is 23.2 Å². The van der Waals surface area contributed by atoms with Gasteiger partial charge >= 0.3 is 0 Å². The Bertz CT molecular complexity index is 1220. The zero-order valence-corrected chi connectivity index (χ0v) is 15.8. The van der Waals surface area contributed by atoms with Crippen LogP contribution in [0.15, 0.2) is 48.9 Å². The van der Waals surface area contributed by atoms with Gasteiger partial charge < -0.3 is 16.6 Å². The lowest BCUT2D eigenvalue weighted by molar-refractivity contribution is 0.100. The number of nitrogens with zero attached hydrogens (tertiary/aromatic N) is 4. The summed E-state index contributed by atoms with van der Waals surface area (Å²) in [5.74, 6) is -0.458. The van der Waals surface area contributed by atoms with Crippen LogP contribution in [-0.2, 0) is 12.8 Å². The number of benzene rings is 1. The number of pyridine rings is 1. The first-order valence-electron chi connectivity index (χ1n) is 9.10. The molecule has 0 saturated heterocycles. The molecular formula is C21H20N6O2. The van der Waals surface area contributed by atoms with E-state index in [4.69, 9.17) is 16.5 Å². The molecule has 146 valence electrons. The molecule has 0 aliphatic rings. The molecule has 3 heterocycles. The second kappa shape index (κ2) is 7.23. The van der Waals surface area contributed by atoms with E-state index in [1.807, 2.05) is 25.3 Å². The number of amides is 1. The van der Waals surface area contributed by atoms with Gasteiger partial charge in [0.05, 0.1) is 11.4 Å². The van der Waals surface area contributed by atoms with Crippen molar-refractivity contribution < 1.29 is 9.90 Å². The fraction of sp³-hybridized carbons (Fsp3) is 0.143. The van der Waals surface area contributed by atoms with E-state index in [9.17, 15) is 9.90 Å². The lowest BCUT2D eigenvalue weighted by atomic mass is 10.1. The molecule has 4 aromatic rings. The largest absolute Gasteiger partial charge is 0.508 e. The Hall–Kier alpha value is -3.94. The van der Waals surface area contributed by atoms with Gasteiger partial charge in [-0.1, -0.05) is 12.1 Å². The van der Waals surface area contributed by atoms with Crippen LogP contribution in [0.3, 0.4) is 0 Å². The SMILES string of the molecule is Cc1ccc(O)cc1-n1c(N)c(C(N)=O)c2ncc(CCc3cccnc3)nc21. The third kappa shape index (κ3) is 3.36. The number of anilines is 1. The molecular weight excluding hydrogens is 368 g/mol. The number of carbonyl (C=O) groups excluding carboxylic acids is 1. The van der Waals surface area contributed by atoms with E-state index < -0.39 is 5.91 Å². The number of nitrogen functional groups attached to an aromatic ring is 1. The minimum atomic E-state index is -0.679. The number of nitrogens with two attached hydrogens (primary N) is 2. The lowest BCUT2D eigenvalue weighted by Crippen LogP contribution is -2.14. The first kappa shape index (κ1) is 18.4. The number of hydrogen-bond acceptors (Lipinski definition) is 6. The lowest BCUT2D eigenvalue weighted by Gasteiger charge is -2.11. The standard InChI is InChI=1S/C21H20N6O2/c1-12-4-7-15(28)9-16(12)27-19(22)17(20(23)29)18-21(27)26-14(11-25-18)6-5-13-3-2-8-24-10-13/h2-4,7-11,28H,5-6,22H2,1H3,(H2,23,29). The summed E-state index contributed by atoms with van der Waals surface area (Å²) in [4.78, 5) is 25.3. The monoisotopic (exact) mass is 388 g/mol. The summed E-state index contributed by atoms with van der Waals surface area (Å²) in [6.07, 6.45) is 6.56. The maximum Gasteiger partial charge on any atom is 0.254 e. The number of primary amides is 1. The van der Waals surface area contributed by atoms with Gasteiger partial charge in [0.1, 0.15) is 22.6 Å². The summed E-state index contributed by atoms with van der Waals surface area (Å²) in [7, 11) is 0. The highest BCUT2D eigenvalue weighted by molar-refractivity contribution is 6.09. The van der Waals surface area contributed by atoms with Crippen molar-refractivity contribution in [3.8, 4) is 11.4 Å². The number of hydrogen-bond donors (Lipinski definition) is 3. The van der Waals surface area contributed by atoms with Gasteiger partial charge in [-0.25, -0.2) is 4.98 Å². The van der Waals surface area contributed by atoms with Crippen LogP contribution < -0.4 is 11.5 Å². The number of aromatic nitrogens is 4. The normalized spacial score (nSPS) is 11.1. The van der Waals surface area contributed by atoms with E-state index in [1.54, 1.807) is 35.2 Å². The molecule has 0 saturated carbocycles. The minimum Gasteiger partial charge on any atom is -0.508 e. The zero-order valence-electron chi connectivity index (χ0n) is 15.8. The van der Waals surface area contributed by atoms with Crippen LogP contribution in [0.25, 0.3) is 16.9 Å². The van der Waals surface area contributed by atoms with Gasteiger partial charge in [0.2, 0.25) is 0 Å². The van der Waals surface area contributed by atoms with E-state index in [-0.39, 0.29) is 17.1 Å². The molecule has 0 aliphatic heterocycles. The number of carbonyl (C=O) groups is 1. The number of rotatable bonds is 5. The van der Waals surface area contributed by atoms with Crippen molar-refractivity contribution in [3.63, 3.8) is 0 Å². The highest BCUT2D eigenvalue weighted by Crippen LogP contribution is 2.32. The summed E-state index contributed by atoms with van der Waals surface area (Å²) in [5.41, 5.74) is 16.0. The highest BCUT2D eigenvalue weighted by Gasteiger charge is 2.23. The maximum atomic E-state index is 12.0. The smallest absolute Gasteiger partial charge is 0.254 e. The van der Waals surface area contributed by atoms with Gasteiger partial charge in [0.25, 0.3) is 5.91 Å². The van der Waals surface area contributed by atoms with Gasteiger partial charge in [-0.3, -0.25) is 19.3 Å². The summed E-state index contributed by atoms with van der Waals surface area (Å²) >= 11 is 0. The fourth-order valence-corrected chi connectivity index (χ4v) is 3.36. The average molecular weight is 388 g/mol. The van der Waals surface area contributed by atoms with Crippen LogP contribution in [0.5, 0.6) is 5.75 Å². The molecule has 0 spiro atoms. The van der Waals surface area contributed by atoms with Gasteiger partial charge in [0, 0.05) is 24.7 Å². The van der Waals surface area contributed by atoms with Crippen LogP contribution in [0.2, 0.25) is 0 Å². The summed E-state index contributed by atoms with van der Waals surface area (Å²) in [6.45, 7) is 1.88. The van der Waals surface area contributed by atoms with Crippen molar-refractivity contribution in [2.24, 2.45) is 5.73 Å². The number of aryl methyl sites for hydroxylation is 3. The molecule has 0 aliphatic carbocycles. The van der Waals surface area contributed by atoms with Crippen LogP contribution >= 0.6 is 0 Å². The summed E-state index contributed by atoms with van der Waals surface area (Å²) in [6, 6.07) is 8.81. The van der Waals surface area contributed by atoms with E-state index in [1.165, 1.54) is 0 Å². The van der Waals surface area contributed by atoms with Crippen molar-refractivity contribution in [2.75, 3.05) is 5.73 Å². The Kier molecular flexibility index (Phi) is 4.59. The molecule has 4 rings (SSSR count). The number of phenolic OH excluding ortho intramolecular Hbond substituents is 1. The van der Waals surface area contributed by atoms with Crippen molar-refractivity contribution in [3.05, 3.63) is 71.3 Å². The van der Waals surface area contributed by atoms with Crippen LogP contribution in [-0.4, -0.2) is 30.5 Å². The number of fused-ring (bicyclic) bond motifs is 1. The third-order valence-corrected chi connectivity index (χ3v) is 4.82. The van der Waals surface area contributed by atoms with Crippen molar-refractivity contribution in [2.45, 2.75) is 19.8 Å². The zero-order chi connectivity index (χ0) is 20.5. The molecule has 5 N–H and O–H groups in total. The topological polar surface area (TPSA) is 133 Å². The Morgan fingerprint density at radius 1 is 1.21 bits per heavy atom. The molecule has 0 bridgehead atoms. The van der Waals surface area contributed by atoms with Crippen LogP contribution in [0.1, 0.15) is 27.2 Å². The molecule has 8 heteroatoms. The molecule has 29 heavy (non-hydrogen) atoms. The molecule has 1 aromatic carbocycles. The van der Waals surface area contributed by atoms with E-state index >= 15 is 0 Å². The second-order valence-corrected chi connectivity index (χ2v) is 6.83. The van der Waals surface area contributed by atoms with Gasteiger partial charge in [0.15, 0.2) is 5.65 Å². The van der Waals surface area contributed by atoms with Crippen molar-refractivity contribution in [1.82, 2.24) is 19.5 Å². The Morgan fingerprint density at radius 2 is 2.03 bits per heavy atom.